The second-order valence-electron chi connectivity index (χ2n) is 5.47. The van der Waals surface area contributed by atoms with Gasteiger partial charge in [0.2, 0.25) is 0 Å². The number of nitrogens with zero attached hydrogens (tertiary/aromatic N) is 1. The van der Waals surface area contributed by atoms with E-state index in [0.717, 1.165) is 20.6 Å². The molecule has 2 nitrogen and oxygen atoms in total. The second-order valence-corrected chi connectivity index (χ2v) is 8.00. The predicted molar refractivity (Wildman–Crippen MR) is 107 cm³/mol. The van der Waals surface area contributed by atoms with E-state index in [-0.39, 0.29) is 17.5 Å². The van der Waals surface area contributed by atoms with Crippen LogP contribution in [0.1, 0.15) is 16.5 Å². The molecule has 1 unspecified atom stereocenters. The van der Waals surface area contributed by atoms with Gasteiger partial charge in [-0.25, -0.2) is 0 Å². The first-order chi connectivity index (χ1) is 12.1. The standard InChI is InChI=1S/C20H15BrClNOS/c21-15-6-10-18(11-7-15)25-20(14-4-2-1-3-5-14)19(24)12-17-9-8-16(22)13-23-17/h1-11,13,20H,12H2. The van der Waals surface area contributed by atoms with Gasteiger partial charge in [0, 0.05) is 21.3 Å². The van der Waals surface area contributed by atoms with Crippen LogP contribution >= 0.6 is 39.3 Å². The SMILES string of the molecule is O=C(Cc1ccc(Cl)cn1)C(Sc1ccc(Br)cc1)c1ccccc1. The largest absolute Gasteiger partial charge is 0.298 e. The van der Waals surface area contributed by atoms with E-state index in [9.17, 15) is 4.79 Å². The zero-order valence-electron chi connectivity index (χ0n) is 13.2. The molecular formula is C20H15BrClNOS. The minimum absolute atomic E-state index is 0.119. The van der Waals surface area contributed by atoms with Crippen LogP contribution in [0.4, 0.5) is 0 Å². The monoisotopic (exact) mass is 431 g/mol. The summed E-state index contributed by atoms with van der Waals surface area (Å²) in [6.45, 7) is 0. The number of pyridine rings is 1. The third-order valence-electron chi connectivity index (χ3n) is 3.61. The third kappa shape index (κ3) is 5.18. The maximum atomic E-state index is 13.0. The third-order valence-corrected chi connectivity index (χ3v) is 5.67. The molecule has 1 aromatic heterocycles. The van der Waals surface area contributed by atoms with Crippen LogP contribution in [0.15, 0.2) is 82.3 Å². The average molecular weight is 433 g/mol. The molecule has 3 rings (SSSR count). The molecule has 0 saturated carbocycles. The van der Waals surface area contributed by atoms with Gasteiger partial charge in [0.1, 0.15) is 0 Å². The molecule has 0 aliphatic rings. The molecule has 0 bridgehead atoms. The van der Waals surface area contributed by atoms with Gasteiger partial charge in [-0.05, 0) is 42.0 Å². The molecule has 0 aliphatic heterocycles. The highest BCUT2D eigenvalue weighted by Gasteiger charge is 2.22. The van der Waals surface area contributed by atoms with E-state index in [4.69, 9.17) is 11.6 Å². The Hall–Kier alpha value is -1.62. The Kier molecular flexibility index (Phi) is 6.29. The lowest BCUT2D eigenvalue weighted by Crippen LogP contribution is -2.13. The first kappa shape index (κ1) is 18.2. The number of thioether (sulfide) groups is 1. The molecule has 3 aromatic rings. The summed E-state index contributed by atoms with van der Waals surface area (Å²) < 4.78 is 1.02. The van der Waals surface area contributed by atoms with Crippen molar-refractivity contribution in [2.75, 3.05) is 0 Å². The van der Waals surface area contributed by atoms with E-state index in [1.54, 1.807) is 30.1 Å². The maximum absolute atomic E-state index is 13.0. The van der Waals surface area contributed by atoms with Gasteiger partial charge in [-0.2, -0.15) is 0 Å². The van der Waals surface area contributed by atoms with Crippen LogP contribution < -0.4 is 0 Å². The van der Waals surface area contributed by atoms with Crippen LogP contribution in [0.25, 0.3) is 0 Å². The number of hydrogen-bond acceptors (Lipinski definition) is 3. The van der Waals surface area contributed by atoms with Gasteiger partial charge in [-0.3, -0.25) is 9.78 Å². The smallest absolute Gasteiger partial charge is 0.156 e. The van der Waals surface area contributed by atoms with Crippen molar-refractivity contribution in [2.45, 2.75) is 16.6 Å². The predicted octanol–water partition coefficient (Wildman–Crippen LogP) is 6.14. The highest BCUT2D eigenvalue weighted by molar-refractivity contribution is 9.10. The van der Waals surface area contributed by atoms with E-state index in [1.165, 1.54) is 0 Å². The molecule has 0 saturated heterocycles. The van der Waals surface area contributed by atoms with Gasteiger partial charge < -0.3 is 0 Å². The van der Waals surface area contributed by atoms with E-state index in [2.05, 4.69) is 20.9 Å². The lowest BCUT2D eigenvalue weighted by molar-refractivity contribution is -0.118. The average Bonchev–Trinajstić information content (AvgIpc) is 2.64. The van der Waals surface area contributed by atoms with E-state index < -0.39 is 0 Å². The number of rotatable bonds is 6. The van der Waals surface area contributed by atoms with Gasteiger partial charge in [0.15, 0.2) is 5.78 Å². The van der Waals surface area contributed by atoms with Crippen molar-refractivity contribution in [3.8, 4) is 0 Å². The molecule has 0 radical (unpaired) electrons. The summed E-state index contributed by atoms with van der Waals surface area (Å²) in [5.74, 6) is 0.119. The fraction of sp³-hybridized carbons (Fsp3) is 0.100. The Labute approximate surface area is 164 Å². The number of ketones is 1. The van der Waals surface area contributed by atoms with Gasteiger partial charge in [-0.15, -0.1) is 11.8 Å². The summed E-state index contributed by atoms with van der Waals surface area (Å²) in [5.41, 5.74) is 1.72. The van der Waals surface area contributed by atoms with Crippen LogP contribution in [0, 0.1) is 0 Å². The minimum Gasteiger partial charge on any atom is -0.298 e. The molecule has 0 spiro atoms. The molecule has 1 heterocycles. The maximum Gasteiger partial charge on any atom is 0.156 e. The topological polar surface area (TPSA) is 30.0 Å². The van der Waals surface area contributed by atoms with Gasteiger partial charge in [0.05, 0.1) is 16.7 Å². The zero-order chi connectivity index (χ0) is 17.6. The summed E-state index contributed by atoms with van der Waals surface area (Å²) in [6, 6.07) is 21.4. The number of hydrogen-bond donors (Lipinski definition) is 0. The van der Waals surface area contributed by atoms with Gasteiger partial charge in [-0.1, -0.05) is 57.9 Å². The number of benzene rings is 2. The molecule has 25 heavy (non-hydrogen) atoms. The highest BCUT2D eigenvalue weighted by atomic mass is 79.9. The molecular weight excluding hydrogens is 418 g/mol. The summed E-state index contributed by atoms with van der Waals surface area (Å²) >= 11 is 10.9. The Balaban J connectivity index is 1.83. The van der Waals surface area contributed by atoms with Crippen LogP contribution in [0.3, 0.4) is 0 Å². The van der Waals surface area contributed by atoms with Gasteiger partial charge in [0.25, 0.3) is 0 Å². The molecule has 5 heteroatoms. The lowest BCUT2D eigenvalue weighted by Gasteiger charge is -2.16. The number of carbonyl (C=O) groups excluding carboxylic acids is 1. The van der Waals surface area contributed by atoms with E-state index in [0.29, 0.717) is 5.02 Å². The van der Waals surface area contributed by atoms with Crippen molar-refractivity contribution in [3.63, 3.8) is 0 Å². The normalized spacial score (nSPS) is 11.9. The van der Waals surface area contributed by atoms with Crippen molar-refractivity contribution in [3.05, 3.63) is 93.7 Å². The molecule has 0 aliphatic carbocycles. The van der Waals surface area contributed by atoms with Crippen molar-refractivity contribution < 1.29 is 4.79 Å². The number of Topliss-reactive ketones (excluding diaryl/α,β-unsaturated/α-hetero) is 1. The molecule has 1 atom stereocenters. The van der Waals surface area contributed by atoms with Crippen LogP contribution in [-0.2, 0) is 11.2 Å². The first-order valence-corrected chi connectivity index (χ1v) is 9.77. The fourth-order valence-electron chi connectivity index (χ4n) is 2.38. The summed E-state index contributed by atoms with van der Waals surface area (Å²) in [7, 11) is 0. The molecule has 0 fully saturated rings. The zero-order valence-corrected chi connectivity index (χ0v) is 16.4. The minimum atomic E-state index is -0.278. The second kappa shape index (κ2) is 8.65. The van der Waals surface area contributed by atoms with E-state index >= 15 is 0 Å². The van der Waals surface area contributed by atoms with Gasteiger partial charge >= 0.3 is 0 Å². The van der Waals surface area contributed by atoms with Crippen molar-refractivity contribution in [1.29, 1.82) is 0 Å². The number of aromatic nitrogens is 1. The van der Waals surface area contributed by atoms with Crippen molar-refractivity contribution in [2.24, 2.45) is 0 Å². The van der Waals surface area contributed by atoms with E-state index in [1.807, 2.05) is 54.6 Å². The molecule has 2 aromatic carbocycles. The number of halogens is 2. The summed E-state index contributed by atoms with van der Waals surface area (Å²) in [6.07, 6.45) is 1.85. The van der Waals surface area contributed by atoms with Crippen molar-refractivity contribution in [1.82, 2.24) is 4.98 Å². The Bertz CT molecular complexity index is 838. The molecule has 126 valence electrons. The quantitative estimate of drug-likeness (QED) is 0.438. The molecule has 0 N–H and O–H groups in total. The molecule has 0 amide bonds. The Morgan fingerprint density at radius 3 is 2.40 bits per heavy atom. The van der Waals surface area contributed by atoms with Crippen LogP contribution in [0.5, 0.6) is 0 Å². The van der Waals surface area contributed by atoms with Crippen LogP contribution in [-0.4, -0.2) is 10.8 Å². The summed E-state index contributed by atoms with van der Waals surface area (Å²) in [5, 5.41) is 0.292. The highest BCUT2D eigenvalue weighted by Crippen LogP contribution is 2.37. The first-order valence-electron chi connectivity index (χ1n) is 7.72. The summed E-state index contributed by atoms with van der Waals surface area (Å²) in [4.78, 5) is 18.3. The Morgan fingerprint density at radius 2 is 1.76 bits per heavy atom. The lowest BCUT2D eigenvalue weighted by atomic mass is 10.0. The van der Waals surface area contributed by atoms with Crippen LogP contribution in [0.2, 0.25) is 5.02 Å². The fourth-order valence-corrected chi connectivity index (χ4v) is 3.83. The van der Waals surface area contributed by atoms with Crippen molar-refractivity contribution >= 4 is 45.1 Å². The number of carbonyl (C=O) groups is 1. The Morgan fingerprint density at radius 1 is 1.04 bits per heavy atom.